The fourth-order valence-corrected chi connectivity index (χ4v) is 2.64. The maximum atomic E-state index is 6.28. The molecule has 0 bridgehead atoms. The van der Waals surface area contributed by atoms with Crippen LogP contribution in [0.5, 0.6) is 0 Å². The van der Waals surface area contributed by atoms with E-state index in [0.717, 1.165) is 28.1 Å². The van der Waals surface area contributed by atoms with Gasteiger partial charge in [0, 0.05) is 23.5 Å². The molecule has 1 aromatic heterocycles. The second-order valence-electron chi connectivity index (χ2n) is 4.54. The Morgan fingerprint density at radius 3 is 2.63 bits per heavy atom. The molecule has 1 N–H and O–H groups in total. The van der Waals surface area contributed by atoms with Crippen LogP contribution in [0.4, 0.5) is 0 Å². The summed E-state index contributed by atoms with van der Waals surface area (Å²) >= 11 is 12.5. The van der Waals surface area contributed by atoms with Crippen LogP contribution in [0, 0.1) is 6.92 Å². The highest BCUT2D eigenvalue weighted by Crippen LogP contribution is 2.27. The number of aromatic nitrogens is 1. The maximum Gasteiger partial charge on any atom is 0.0637 e. The summed E-state index contributed by atoms with van der Waals surface area (Å²) in [4.78, 5) is 4.01. The molecule has 2 rings (SSSR count). The second kappa shape index (κ2) is 6.38. The molecule has 0 amide bonds. The van der Waals surface area contributed by atoms with E-state index in [1.807, 2.05) is 26.1 Å². The zero-order chi connectivity index (χ0) is 13.8. The lowest BCUT2D eigenvalue weighted by molar-refractivity contribution is 0.591. The lowest BCUT2D eigenvalue weighted by atomic mass is 9.99. The Labute approximate surface area is 123 Å². The van der Waals surface area contributed by atoms with Crippen LogP contribution in [0.15, 0.2) is 36.7 Å². The number of benzene rings is 1. The molecule has 0 saturated heterocycles. The van der Waals surface area contributed by atoms with Gasteiger partial charge in [-0.1, -0.05) is 35.3 Å². The summed E-state index contributed by atoms with van der Waals surface area (Å²) < 4.78 is 0. The summed E-state index contributed by atoms with van der Waals surface area (Å²) in [6.45, 7) is 2.03. The predicted molar refractivity (Wildman–Crippen MR) is 80.9 cm³/mol. The van der Waals surface area contributed by atoms with Crippen molar-refractivity contribution in [2.75, 3.05) is 7.05 Å². The number of nitrogens with one attached hydrogen (secondary N) is 1. The lowest BCUT2D eigenvalue weighted by Crippen LogP contribution is -2.19. The van der Waals surface area contributed by atoms with Crippen LogP contribution >= 0.6 is 23.2 Å². The van der Waals surface area contributed by atoms with Gasteiger partial charge in [-0.25, -0.2) is 0 Å². The van der Waals surface area contributed by atoms with Gasteiger partial charge in [-0.2, -0.15) is 0 Å². The van der Waals surface area contributed by atoms with Crippen molar-refractivity contribution < 1.29 is 0 Å². The van der Waals surface area contributed by atoms with Gasteiger partial charge in [-0.15, -0.1) is 0 Å². The van der Waals surface area contributed by atoms with Gasteiger partial charge in [0.25, 0.3) is 0 Å². The average Bonchev–Trinajstić information content (AvgIpc) is 2.39. The number of nitrogens with zero attached hydrogens (tertiary/aromatic N) is 1. The van der Waals surface area contributed by atoms with E-state index >= 15 is 0 Å². The molecule has 2 nitrogen and oxygen atoms in total. The first-order chi connectivity index (χ1) is 9.11. The normalized spacial score (nSPS) is 12.4. The summed E-state index contributed by atoms with van der Waals surface area (Å²) in [5, 5.41) is 4.75. The van der Waals surface area contributed by atoms with E-state index in [2.05, 4.69) is 22.4 Å². The van der Waals surface area contributed by atoms with E-state index in [9.17, 15) is 0 Å². The highest BCUT2D eigenvalue weighted by Gasteiger charge is 2.15. The van der Waals surface area contributed by atoms with Gasteiger partial charge in [0.05, 0.1) is 5.02 Å². The number of rotatable bonds is 4. The number of hydrogen-bond donors (Lipinski definition) is 1. The fraction of sp³-hybridized carbons (Fsp3) is 0.267. The molecule has 0 radical (unpaired) electrons. The van der Waals surface area contributed by atoms with Crippen LogP contribution in [0.1, 0.15) is 22.7 Å². The Morgan fingerprint density at radius 2 is 2.00 bits per heavy atom. The Morgan fingerprint density at radius 1 is 1.21 bits per heavy atom. The molecule has 0 aliphatic carbocycles. The van der Waals surface area contributed by atoms with Gasteiger partial charge in [-0.3, -0.25) is 4.98 Å². The van der Waals surface area contributed by atoms with Gasteiger partial charge in [0.15, 0.2) is 0 Å². The number of likely N-dealkylation sites (N-methyl/N-ethyl adjacent to an activating group) is 1. The van der Waals surface area contributed by atoms with Gasteiger partial charge < -0.3 is 5.32 Å². The highest BCUT2D eigenvalue weighted by atomic mass is 35.5. The maximum absolute atomic E-state index is 6.28. The minimum atomic E-state index is 0.121. The highest BCUT2D eigenvalue weighted by molar-refractivity contribution is 6.31. The molecule has 0 aliphatic heterocycles. The third-order valence-electron chi connectivity index (χ3n) is 3.16. The van der Waals surface area contributed by atoms with E-state index in [4.69, 9.17) is 23.2 Å². The van der Waals surface area contributed by atoms with Gasteiger partial charge in [0.1, 0.15) is 0 Å². The van der Waals surface area contributed by atoms with Crippen molar-refractivity contribution in [1.82, 2.24) is 10.3 Å². The molecular weight excluding hydrogens is 279 g/mol. The van der Waals surface area contributed by atoms with Gasteiger partial charge in [0.2, 0.25) is 0 Å². The molecule has 19 heavy (non-hydrogen) atoms. The van der Waals surface area contributed by atoms with Crippen molar-refractivity contribution in [3.63, 3.8) is 0 Å². The quantitative estimate of drug-likeness (QED) is 0.914. The van der Waals surface area contributed by atoms with Crippen molar-refractivity contribution in [1.29, 1.82) is 0 Å². The zero-order valence-corrected chi connectivity index (χ0v) is 12.5. The van der Waals surface area contributed by atoms with Crippen molar-refractivity contribution in [3.8, 4) is 0 Å². The molecule has 1 heterocycles. The summed E-state index contributed by atoms with van der Waals surface area (Å²) in [5.41, 5.74) is 3.31. The Kier molecular flexibility index (Phi) is 4.81. The minimum Gasteiger partial charge on any atom is -0.313 e. The summed E-state index contributed by atoms with van der Waals surface area (Å²) in [7, 11) is 1.92. The lowest BCUT2D eigenvalue weighted by Gasteiger charge is -2.18. The number of hydrogen-bond acceptors (Lipinski definition) is 2. The van der Waals surface area contributed by atoms with E-state index in [1.54, 1.807) is 12.4 Å². The van der Waals surface area contributed by atoms with Crippen molar-refractivity contribution in [3.05, 3.63) is 63.4 Å². The molecule has 0 saturated carbocycles. The van der Waals surface area contributed by atoms with E-state index in [-0.39, 0.29) is 6.04 Å². The molecule has 2 aromatic rings. The molecule has 1 atom stereocenters. The first-order valence-electron chi connectivity index (χ1n) is 6.13. The third kappa shape index (κ3) is 3.47. The van der Waals surface area contributed by atoms with E-state index in [1.165, 1.54) is 0 Å². The minimum absolute atomic E-state index is 0.121. The van der Waals surface area contributed by atoms with E-state index in [0.29, 0.717) is 5.02 Å². The summed E-state index contributed by atoms with van der Waals surface area (Å²) in [5.74, 6) is 0. The van der Waals surface area contributed by atoms with E-state index < -0.39 is 0 Å². The first kappa shape index (κ1) is 14.3. The van der Waals surface area contributed by atoms with Crippen molar-refractivity contribution in [2.24, 2.45) is 0 Å². The average molecular weight is 295 g/mol. The van der Waals surface area contributed by atoms with Crippen LogP contribution in [0.2, 0.25) is 10.0 Å². The number of aryl methyl sites for hydroxylation is 1. The van der Waals surface area contributed by atoms with Crippen LogP contribution in [-0.4, -0.2) is 12.0 Å². The van der Waals surface area contributed by atoms with Crippen LogP contribution < -0.4 is 5.32 Å². The molecule has 0 fully saturated rings. The monoisotopic (exact) mass is 294 g/mol. The Balaban J connectivity index is 2.27. The third-order valence-corrected chi connectivity index (χ3v) is 3.83. The smallest absolute Gasteiger partial charge is 0.0637 e. The number of halogens is 2. The molecule has 1 aromatic carbocycles. The first-order valence-corrected chi connectivity index (χ1v) is 6.89. The molecule has 4 heteroatoms. The summed E-state index contributed by atoms with van der Waals surface area (Å²) in [6.07, 6.45) is 4.21. The zero-order valence-electron chi connectivity index (χ0n) is 11.0. The second-order valence-corrected chi connectivity index (χ2v) is 5.35. The molecule has 1 unspecified atom stereocenters. The van der Waals surface area contributed by atoms with Crippen LogP contribution in [-0.2, 0) is 6.42 Å². The molecular formula is C15H16Cl2N2. The van der Waals surface area contributed by atoms with Crippen LogP contribution in [0.25, 0.3) is 0 Å². The van der Waals surface area contributed by atoms with Crippen LogP contribution in [0.3, 0.4) is 0 Å². The Hall–Kier alpha value is -1.09. The standard InChI is InChI=1S/C15H16Cl2N2/c1-10-3-4-11(13(16)7-10)8-15(18-2)12-5-6-19-9-14(12)17/h3-7,9,15,18H,8H2,1-2H3. The molecule has 0 aliphatic rings. The predicted octanol–water partition coefficient (Wildman–Crippen LogP) is 4.20. The number of pyridine rings is 1. The topological polar surface area (TPSA) is 24.9 Å². The summed E-state index contributed by atoms with van der Waals surface area (Å²) in [6, 6.07) is 8.18. The fourth-order valence-electron chi connectivity index (χ4n) is 2.07. The van der Waals surface area contributed by atoms with Crippen molar-refractivity contribution in [2.45, 2.75) is 19.4 Å². The van der Waals surface area contributed by atoms with Gasteiger partial charge in [-0.05, 0) is 49.2 Å². The van der Waals surface area contributed by atoms with Crippen molar-refractivity contribution >= 4 is 23.2 Å². The van der Waals surface area contributed by atoms with Gasteiger partial charge >= 0.3 is 0 Å². The molecule has 0 spiro atoms. The molecule has 100 valence electrons. The SMILES string of the molecule is CNC(Cc1ccc(C)cc1Cl)c1ccncc1Cl. The Bertz CT molecular complexity index is 570. The largest absolute Gasteiger partial charge is 0.313 e.